The maximum atomic E-state index is 11.5. The monoisotopic (exact) mass is 482 g/mol. The van der Waals surface area contributed by atoms with E-state index >= 15 is 0 Å². The van der Waals surface area contributed by atoms with Crippen LogP contribution in [0.4, 0.5) is 17.5 Å². The zero-order valence-electron chi connectivity index (χ0n) is 18.8. The minimum absolute atomic E-state index is 0.194. The molecule has 0 bridgehead atoms. The second kappa shape index (κ2) is 7.64. The molecule has 6 rings (SSSR count). The van der Waals surface area contributed by atoms with Gasteiger partial charge in [0.1, 0.15) is 17.0 Å². The van der Waals surface area contributed by atoms with Gasteiger partial charge >= 0.3 is 0 Å². The third kappa shape index (κ3) is 3.40. The number of rotatable bonds is 4. The molecule has 1 aliphatic heterocycles. The fraction of sp³-hybridized carbons (Fsp3) is 0.455. The molecule has 34 heavy (non-hydrogen) atoms. The number of fused-ring (bicyclic) bond motifs is 4. The Morgan fingerprint density at radius 1 is 1.15 bits per heavy atom. The summed E-state index contributed by atoms with van der Waals surface area (Å²) in [6.45, 7) is 0. The molecule has 2 fully saturated rings. The van der Waals surface area contributed by atoms with Crippen LogP contribution in [0, 0.1) is 0 Å². The number of nitrogens with one attached hydrogen (secondary N) is 1. The van der Waals surface area contributed by atoms with E-state index in [1.807, 2.05) is 0 Å². The van der Waals surface area contributed by atoms with Crippen LogP contribution in [0.15, 0.2) is 40.7 Å². The van der Waals surface area contributed by atoms with Gasteiger partial charge in [-0.05, 0) is 43.9 Å². The summed E-state index contributed by atoms with van der Waals surface area (Å²) in [6.07, 6.45) is 10.7. The molecule has 2 saturated carbocycles. The van der Waals surface area contributed by atoms with Crippen molar-refractivity contribution in [3.8, 4) is 0 Å². The molecule has 0 aromatic carbocycles. The lowest BCUT2D eigenvalue weighted by atomic mass is 9.80. The number of ether oxygens (including phenoxy) is 1. The topological polar surface area (TPSA) is 141 Å². The van der Waals surface area contributed by atoms with E-state index in [1.165, 1.54) is 18.7 Å². The van der Waals surface area contributed by atoms with Crippen LogP contribution in [0.1, 0.15) is 44.9 Å². The van der Waals surface area contributed by atoms with E-state index in [2.05, 4.69) is 30.9 Å². The summed E-state index contributed by atoms with van der Waals surface area (Å²) in [5, 5.41) is 16.1. The number of nitrogens with zero attached hydrogens (tertiary/aromatic N) is 6. The number of nitrogens with two attached hydrogens (primary N) is 1. The average Bonchev–Trinajstić information content (AvgIpc) is 3.59. The standard InChI is InChI=1S/C22H26N8O3S/c1-33-20-22(9-3-2-4-10-22)29-18(30(28-20)16-6-7-16)11-14-12-25-21(27-19(14)29)26-15-5-8-17(24-13-15)34(23,31)32/h5,8,11-13,16H,2-4,6-7,9-10H2,1H3,(H2,23,31,32)(H,25,26,27). The second-order valence-electron chi connectivity index (χ2n) is 9.14. The van der Waals surface area contributed by atoms with E-state index in [-0.39, 0.29) is 10.6 Å². The largest absolute Gasteiger partial charge is 0.481 e. The van der Waals surface area contributed by atoms with Gasteiger partial charge in [-0.1, -0.05) is 19.3 Å². The molecule has 4 heterocycles. The lowest BCUT2D eigenvalue weighted by molar-refractivity contribution is 0.220. The average molecular weight is 483 g/mol. The number of sulfonamides is 1. The molecule has 0 radical (unpaired) electrons. The van der Waals surface area contributed by atoms with Gasteiger partial charge in [-0.2, -0.15) is 4.98 Å². The minimum Gasteiger partial charge on any atom is -0.481 e. The Morgan fingerprint density at radius 3 is 2.59 bits per heavy atom. The third-order valence-electron chi connectivity index (χ3n) is 6.83. The van der Waals surface area contributed by atoms with Crippen molar-refractivity contribution in [1.29, 1.82) is 0 Å². The normalized spacial score (nSPS) is 19.7. The van der Waals surface area contributed by atoms with Crippen molar-refractivity contribution < 1.29 is 13.2 Å². The fourth-order valence-electron chi connectivity index (χ4n) is 5.11. The van der Waals surface area contributed by atoms with Crippen LogP contribution < -0.4 is 15.5 Å². The molecule has 11 nitrogen and oxygen atoms in total. The van der Waals surface area contributed by atoms with Crippen LogP contribution in [0.25, 0.3) is 11.0 Å². The highest BCUT2D eigenvalue weighted by atomic mass is 32.2. The van der Waals surface area contributed by atoms with E-state index < -0.39 is 10.0 Å². The van der Waals surface area contributed by atoms with Crippen molar-refractivity contribution in [2.45, 2.75) is 61.6 Å². The van der Waals surface area contributed by atoms with Crippen LogP contribution >= 0.6 is 0 Å². The van der Waals surface area contributed by atoms with Gasteiger partial charge in [-0.3, -0.25) is 4.57 Å². The molecule has 2 aliphatic carbocycles. The van der Waals surface area contributed by atoms with Crippen LogP contribution in [0.3, 0.4) is 0 Å². The molecule has 0 amide bonds. The molecule has 0 atom stereocenters. The fourth-order valence-corrected chi connectivity index (χ4v) is 5.57. The lowest BCUT2D eigenvalue weighted by Crippen LogP contribution is -2.50. The molecular formula is C22H26N8O3S. The molecule has 0 unspecified atom stereocenters. The third-order valence-corrected chi connectivity index (χ3v) is 7.66. The first-order valence-electron chi connectivity index (χ1n) is 11.5. The number of primary sulfonamides is 1. The van der Waals surface area contributed by atoms with Gasteiger partial charge < -0.3 is 10.1 Å². The van der Waals surface area contributed by atoms with Gasteiger partial charge in [0.15, 0.2) is 5.03 Å². The maximum Gasteiger partial charge on any atom is 0.255 e. The van der Waals surface area contributed by atoms with E-state index in [0.29, 0.717) is 17.7 Å². The van der Waals surface area contributed by atoms with Crippen molar-refractivity contribution in [2.24, 2.45) is 10.2 Å². The van der Waals surface area contributed by atoms with Crippen LogP contribution in [0.5, 0.6) is 0 Å². The number of pyridine rings is 1. The van der Waals surface area contributed by atoms with Crippen molar-refractivity contribution in [2.75, 3.05) is 17.4 Å². The Morgan fingerprint density at radius 2 is 1.94 bits per heavy atom. The van der Waals surface area contributed by atoms with Crippen LogP contribution in [0.2, 0.25) is 0 Å². The van der Waals surface area contributed by atoms with E-state index in [4.69, 9.17) is 20.0 Å². The molecule has 0 saturated heterocycles. The zero-order valence-corrected chi connectivity index (χ0v) is 19.6. The van der Waals surface area contributed by atoms with Gasteiger partial charge in [-0.15, -0.1) is 5.10 Å². The van der Waals surface area contributed by atoms with Crippen LogP contribution in [-0.4, -0.2) is 47.0 Å². The summed E-state index contributed by atoms with van der Waals surface area (Å²) < 4.78 is 31.2. The van der Waals surface area contributed by atoms with E-state index in [1.54, 1.807) is 19.4 Å². The number of methoxy groups -OCH3 is 1. The molecule has 178 valence electrons. The van der Waals surface area contributed by atoms with E-state index in [0.717, 1.165) is 61.3 Å². The number of hydrazone groups is 1. The first kappa shape index (κ1) is 21.3. The molecule has 3 aliphatic rings. The Labute approximate surface area is 197 Å². The minimum atomic E-state index is -3.86. The highest BCUT2D eigenvalue weighted by Crippen LogP contribution is 2.47. The number of aromatic nitrogens is 4. The van der Waals surface area contributed by atoms with Gasteiger partial charge in [0.05, 0.1) is 25.0 Å². The van der Waals surface area contributed by atoms with Gasteiger partial charge in [0.2, 0.25) is 11.8 Å². The summed E-state index contributed by atoms with van der Waals surface area (Å²) in [6, 6.07) is 5.43. The Balaban J connectivity index is 1.44. The molecular weight excluding hydrogens is 456 g/mol. The number of hydrogen-bond donors (Lipinski definition) is 2. The second-order valence-corrected chi connectivity index (χ2v) is 10.7. The summed E-state index contributed by atoms with van der Waals surface area (Å²) in [5.41, 5.74) is 1.02. The molecule has 3 aromatic rings. The first-order chi connectivity index (χ1) is 16.4. The SMILES string of the molecule is COC1=NN(C2CC2)c2cc3cnc(Nc4ccc(S(N)(=O)=O)nc4)nc3n2C12CCCCC2. The number of hydrogen-bond acceptors (Lipinski definition) is 9. The summed E-state index contributed by atoms with van der Waals surface area (Å²) in [7, 11) is -2.15. The highest BCUT2D eigenvalue weighted by Gasteiger charge is 2.49. The Bertz CT molecular complexity index is 1390. The molecule has 1 spiro atoms. The summed E-state index contributed by atoms with van der Waals surface area (Å²) >= 11 is 0. The smallest absolute Gasteiger partial charge is 0.255 e. The van der Waals surface area contributed by atoms with Crippen LogP contribution in [-0.2, 0) is 20.3 Å². The first-order valence-corrected chi connectivity index (χ1v) is 13.0. The van der Waals surface area contributed by atoms with Gasteiger partial charge in [-0.25, -0.2) is 28.5 Å². The van der Waals surface area contributed by atoms with Gasteiger partial charge in [0, 0.05) is 11.6 Å². The maximum absolute atomic E-state index is 11.5. The van der Waals surface area contributed by atoms with Crippen molar-refractivity contribution in [3.63, 3.8) is 0 Å². The molecule has 3 aromatic heterocycles. The Kier molecular flexibility index (Phi) is 4.78. The van der Waals surface area contributed by atoms with E-state index in [9.17, 15) is 8.42 Å². The van der Waals surface area contributed by atoms with Crippen molar-refractivity contribution in [1.82, 2.24) is 19.5 Å². The quantitative estimate of drug-likeness (QED) is 0.578. The van der Waals surface area contributed by atoms with Gasteiger partial charge in [0.25, 0.3) is 10.0 Å². The molecule has 12 heteroatoms. The summed E-state index contributed by atoms with van der Waals surface area (Å²) in [4.78, 5) is 13.3. The lowest BCUT2D eigenvalue weighted by Gasteiger charge is -2.44. The predicted molar refractivity (Wildman–Crippen MR) is 127 cm³/mol. The Hall–Kier alpha value is -3.25. The zero-order chi connectivity index (χ0) is 23.5. The number of anilines is 3. The highest BCUT2D eigenvalue weighted by molar-refractivity contribution is 7.89. The van der Waals surface area contributed by atoms with Crippen molar-refractivity contribution in [3.05, 3.63) is 30.6 Å². The van der Waals surface area contributed by atoms with Crippen molar-refractivity contribution >= 4 is 44.4 Å². The summed E-state index contributed by atoms with van der Waals surface area (Å²) in [5.74, 6) is 2.18. The molecule has 3 N–H and O–H groups in total. The predicted octanol–water partition coefficient (Wildman–Crippen LogP) is 2.82.